The fourth-order valence-corrected chi connectivity index (χ4v) is 7.21. The summed E-state index contributed by atoms with van der Waals surface area (Å²) in [5.74, 6) is -9.82. The van der Waals surface area contributed by atoms with Gasteiger partial charge >= 0.3 is 5.97 Å². The van der Waals surface area contributed by atoms with Gasteiger partial charge in [0.2, 0.25) is 5.78 Å². The second kappa shape index (κ2) is 9.67. The molecular formula is C31H38N2O9. The Morgan fingerprint density at radius 3 is 2.21 bits per heavy atom. The van der Waals surface area contributed by atoms with E-state index in [0.29, 0.717) is 24.0 Å². The van der Waals surface area contributed by atoms with Crippen LogP contribution in [0, 0.1) is 17.8 Å². The number of carbonyl (C=O) groups is 4. The summed E-state index contributed by atoms with van der Waals surface area (Å²) in [6.45, 7) is 7.36. The van der Waals surface area contributed by atoms with Crippen molar-refractivity contribution in [1.82, 2.24) is 4.90 Å². The van der Waals surface area contributed by atoms with Crippen LogP contribution in [-0.2, 0) is 29.3 Å². The third-order valence-electron chi connectivity index (χ3n) is 9.60. The van der Waals surface area contributed by atoms with Gasteiger partial charge in [0.15, 0.2) is 11.4 Å². The second-order valence-electron chi connectivity index (χ2n) is 13.3. The van der Waals surface area contributed by atoms with Gasteiger partial charge < -0.3 is 30.9 Å². The molecule has 2 saturated carbocycles. The molecule has 4 aliphatic carbocycles. The van der Waals surface area contributed by atoms with Crippen LogP contribution in [-0.4, -0.2) is 80.6 Å². The summed E-state index contributed by atoms with van der Waals surface area (Å²) in [6.07, 6.45) is 0.619. The molecule has 0 unspecified atom stereocenters. The topological polar surface area (TPSA) is 188 Å². The molecule has 11 heteroatoms. The molecule has 6 atom stereocenters. The first-order chi connectivity index (χ1) is 19.5. The predicted octanol–water partition coefficient (Wildman–Crippen LogP) is 2.14. The minimum absolute atomic E-state index is 0.00437. The van der Waals surface area contributed by atoms with Gasteiger partial charge in [0.05, 0.1) is 23.4 Å². The lowest BCUT2D eigenvalue weighted by Crippen LogP contribution is -2.71. The van der Waals surface area contributed by atoms with Crippen LogP contribution >= 0.6 is 0 Å². The van der Waals surface area contributed by atoms with E-state index >= 15 is 0 Å². The summed E-state index contributed by atoms with van der Waals surface area (Å²) in [4.78, 5) is 55.1. The number of fused-ring (bicyclic) bond motifs is 3. The van der Waals surface area contributed by atoms with E-state index in [9.17, 15) is 39.6 Å². The van der Waals surface area contributed by atoms with Gasteiger partial charge in [0.25, 0.3) is 5.91 Å². The highest BCUT2D eigenvalue weighted by molar-refractivity contribution is 6.24. The number of hydrogen-bond acceptors (Lipinski definition) is 10. The summed E-state index contributed by atoms with van der Waals surface area (Å²) in [5, 5.41) is 46.5. The van der Waals surface area contributed by atoms with Crippen molar-refractivity contribution in [3.8, 4) is 5.75 Å². The number of hydrogen-bond donors (Lipinski definition) is 5. The van der Waals surface area contributed by atoms with Crippen molar-refractivity contribution in [2.45, 2.75) is 76.0 Å². The Morgan fingerprint density at radius 2 is 1.71 bits per heavy atom. The molecule has 6 N–H and O–H groups in total. The molecule has 0 aliphatic heterocycles. The summed E-state index contributed by atoms with van der Waals surface area (Å²) >= 11 is 0. The summed E-state index contributed by atoms with van der Waals surface area (Å²) in [6, 6.07) is 2.08. The Labute approximate surface area is 243 Å². The van der Waals surface area contributed by atoms with Gasteiger partial charge in [0, 0.05) is 17.1 Å². The maximum absolute atomic E-state index is 14.4. The normalized spacial score (nSPS) is 31.4. The number of Topliss-reactive ketones (excluding diaryl/α,β-unsaturated/α-hetero) is 2. The van der Waals surface area contributed by atoms with Gasteiger partial charge in [-0.1, -0.05) is 46.2 Å². The fourth-order valence-electron chi connectivity index (χ4n) is 7.21. The molecule has 0 saturated heterocycles. The standard InChI is InChI=1S/C31H38N2O9/c1-12-14-10-11-15(30(2,3)4)22(34)17(14)23(35)18-16(12)25(42-29(40)13-8-7-9-13)20-21(33(5)6)24(36)19(28(32)39)27(38)31(20,41)26(18)37/h10-13,16,20-21,25,34-35,38,41H,7-9H2,1-6H3,(H2,32,39)/t12-,16+,20-,21+,25-,31-/m1/s1. The lowest BCUT2D eigenvalue weighted by molar-refractivity contribution is -0.189. The predicted molar refractivity (Wildman–Crippen MR) is 150 cm³/mol. The third kappa shape index (κ3) is 3.93. The Bertz CT molecular complexity index is 1480. The number of amides is 1. The monoisotopic (exact) mass is 582 g/mol. The molecule has 0 heterocycles. The van der Waals surface area contributed by atoms with Crippen LogP contribution in [0.1, 0.15) is 69.6 Å². The highest BCUT2D eigenvalue weighted by atomic mass is 16.5. The van der Waals surface area contributed by atoms with E-state index in [0.717, 1.165) is 6.42 Å². The fraction of sp³-hybridized carbons (Fsp3) is 0.548. The van der Waals surface area contributed by atoms with E-state index in [1.807, 2.05) is 20.8 Å². The molecule has 1 amide bonds. The first-order valence-electron chi connectivity index (χ1n) is 14.2. The van der Waals surface area contributed by atoms with Crippen LogP contribution in [0.5, 0.6) is 5.75 Å². The minimum Gasteiger partial charge on any atom is -0.508 e. The first-order valence-corrected chi connectivity index (χ1v) is 14.2. The van der Waals surface area contributed by atoms with Crippen molar-refractivity contribution in [2.24, 2.45) is 23.5 Å². The van der Waals surface area contributed by atoms with Crippen molar-refractivity contribution in [1.29, 1.82) is 0 Å². The molecule has 11 nitrogen and oxygen atoms in total. The van der Waals surface area contributed by atoms with E-state index < -0.39 is 87.4 Å². The van der Waals surface area contributed by atoms with Crippen LogP contribution in [0.3, 0.4) is 0 Å². The SMILES string of the molecule is C[C@@H]1c2ccc(C(C)(C)C)c(O)c2C(O)=C2C(=O)[C@@]3(O)C(O)=C(C(N)=O)C(=O)[C@@H](N(C)C)[C@@H]3[C@H](OC(=O)C3CCC3)[C@H]21. The number of aromatic hydroxyl groups is 1. The Morgan fingerprint density at radius 1 is 1.10 bits per heavy atom. The highest BCUT2D eigenvalue weighted by Crippen LogP contribution is 2.57. The van der Waals surface area contributed by atoms with E-state index in [1.165, 1.54) is 19.0 Å². The number of likely N-dealkylation sites (N-methyl/N-ethyl adjacent to an activating group) is 1. The zero-order valence-electron chi connectivity index (χ0n) is 24.6. The number of benzene rings is 1. The molecule has 226 valence electrons. The molecule has 42 heavy (non-hydrogen) atoms. The number of primary amides is 1. The maximum Gasteiger partial charge on any atom is 0.309 e. The molecular weight excluding hydrogens is 544 g/mol. The number of phenolic OH excluding ortho intramolecular Hbond substituents is 1. The smallest absolute Gasteiger partial charge is 0.309 e. The number of aliphatic hydroxyl groups excluding tert-OH is 2. The van der Waals surface area contributed by atoms with Crippen LogP contribution in [0.4, 0.5) is 0 Å². The van der Waals surface area contributed by atoms with Crippen LogP contribution in [0.15, 0.2) is 29.0 Å². The van der Waals surface area contributed by atoms with Gasteiger partial charge in [-0.3, -0.25) is 24.1 Å². The third-order valence-corrected chi connectivity index (χ3v) is 9.60. The molecule has 0 spiro atoms. The van der Waals surface area contributed by atoms with Crippen molar-refractivity contribution in [3.05, 3.63) is 45.7 Å². The van der Waals surface area contributed by atoms with E-state index in [4.69, 9.17) is 10.5 Å². The number of phenols is 1. The van der Waals surface area contributed by atoms with Crippen LogP contribution in [0.25, 0.3) is 5.76 Å². The molecule has 5 rings (SSSR count). The molecule has 1 aromatic rings. The number of esters is 1. The summed E-state index contributed by atoms with van der Waals surface area (Å²) in [7, 11) is 2.99. The van der Waals surface area contributed by atoms with Gasteiger partial charge in [-0.05, 0) is 43.8 Å². The Balaban J connectivity index is 1.83. The van der Waals surface area contributed by atoms with Gasteiger partial charge in [0.1, 0.15) is 28.9 Å². The van der Waals surface area contributed by atoms with Crippen molar-refractivity contribution in [3.63, 3.8) is 0 Å². The van der Waals surface area contributed by atoms with Crippen LogP contribution in [0.2, 0.25) is 0 Å². The number of nitrogens with two attached hydrogens (primary N) is 1. The molecule has 0 aromatic heterocycles. The second-order valence-corrected chi connectivity index (χ2v) is 13.3. The zero-order chi connectivity index (χ0) is 31.2. The number of rotatable bonds is 4. The van der Waals surface area contributed by atoms with Gasteiger partial charge in [-0.25, -0.2) is 0 Å². The summed E-state index contributed by atoms with van der Waals surface area (Å²) < 4.78 is 6.07. The number of ether oxygens (including phenoxy) is 1. The first kappa shape index (κ1) is 29.8. The average molecular weight is 583 g/mol. The Kier molecular flexibility index (Phi) is 6.86. The average Bonchev–Trinajstić information content (AvgIpc) is 2.83. The van der Waals surface area contributed by atoms with Crippen LogP contribution < -0.4 is 5.73 Å². The Hall–Kier alpha value is -3.70. The largest absolute Gasteiger partial charge is 0.508 e. The minimum atomic E-state index is -2.95. The zero-order valence-corrected chi connectivity index (χ0v) is 24.6. The van der Waals surface area contributed by atoms with Crippen molar-refractivity contribution >= 4 is 29.2 Å². The maximum atomic E-state index is 14.4. The van der Waals surface area contributed by atoms with Crippen molar-refractivity contribution in [2.75, 3.05) is 14.1 Å². The molecule has 4 aliphatic rings. The van der Waals surface area contributed by atoms with Gasteiger partial charge in [-0.15, -0.1) is 0 Å². The number of carbonyl (C=O) groups excluding carboxylic acids is 4. The highest BCUT2D eigenvalue weighted by Gasteiger charge is 2.69. The van der Waals surface area contributed by atoms with E-state index in [2.05, 4.69) is 0 Å². The number of ketones is 2. The molecule has 2 fully saturated rings. The molecule has 0 radical (unpaired) electrons. The lowest BCUT2D eigenvalue weighted by atomic mass is 9.54. The lowest BCUT2D eigenvalue weighted by Gasteiger charge is -2.54. The number of aliphatic hydroxyl groups is 3. The molecule has 1 aromatic carbocycles. The van der Waals surface area contributed by atoms with Gasteiger partial charge in [-0.2, -0.15) is 0 Å². The quantitative estimate of drug-likeness (QED) is 0.260. The number of nitrogens with zero attached hydrogens (tertiary/aromatic N) is 1. The van der Waals surface area contributed by atoms with Crippen molar-refractivity contribution < 1.29 is 44.3 Å². The van der Waals surface area contributed by atoms with E-state index in [-0.39, 0.29) is 16.9 Å². The molecule has 0 bridgehead atoms. The summed E-state index contributed by atoms with van der Waals surface area (Å²) in [5.41, 5.74) is 1.62. The van der Waals surface area contributed by atoms with E-state index in [1.54, 1.807) is 19.1 Å².